The predicted molar refractivity (Wildman–Crippen MR) is 57.2 cm³/mol. The number of amides is 1. The molecule has 14 heavy (non-hydrogen) atoms. The zero-order chi connectivity index (χ0) is 10.6. The van der Waals surface area contributed by atoms with Crippen LogP contribution in [-0.4, -0.2) is 74.0 Å². The van der Waals surface area contributed by atoms with Crippen molar-refractivity contribution >= 4 is 5.91 Å². The molecule has 0 radical (unpaired) electrons. The zero-order valence-corrected chi connectivity index (χ0v) is 9.49. The molecule has 0 N–H and O–H groups in total. The van der Waals surface area contributed by atoms with Gasteiger partial charge in [-0.25, -0.2) is 0 Å². The largest absolute Gasteiger partial charge is 0.339 e. The first-order valence-corrected chi connectivity index (χ1v) is 5.28. The van der Waals surface area contributed by atoms with Crippen LogP contribution in [0.3, 0.4) is 0 Å². The van der Waals surface area contributed by atoms with E-state index >= 15 is 0 Å². The van der Waals surface area contributed by atoms with Crippen molar-refractivity contribution in [2.75, 3.05) is 53.4 Å². The van der Waals surface area contributed by atoms with Crippen LogP contribution in [0.2, 0.25) is 0 Å². The third-order valence-electron chi connectivity index (χ3n) is 2.80. The molecule has 0 unspecified atom stereocenters. The molecule has 1 heterocycles. The number of likely N-dealkylation sites (N-methyl/N-ethyl adjacent to an activating group) is 2. The Hall–Kier alpha value is -0.610. The van der Waals surface area contributed by atoms with Gasteiger partial charge in [0.25, 0.3) is 0 Å². The lowest BCUT2D eigenvalue weighted by Gasteiger charge is -2.33. The van der Waals surface area contributed by atoms with Crippen molar-refractivity contribution in [3.05, 3.63) is 0 Å². The second-order valence-electron chi connectivity index (χ2n) is 4.01. The highest BCUT2D eigenvalue weighted by Crippen LogP contribution is 2.00. The summed E-state index contributed by atoms with van der Waals surface area (Å²) in [6.07, 6.45) is 0. The summed E-state index contributed by atoms with van der Waals surface area (Å²) in [4.78, 5) is 18.0. The van der Waals surface area contributed by atoms with E-state index in [1.165, 1.54) is 0 Å². The Morgan fingerprint density at radius 1 is 1.29 bits per heavy atom. The van der Waals surface area contributed by atoms with Gasteiger partial charge in [0.15, 0.2) is 0 Å². The SMILES string of the molecule is CCN(C)CC(=O)N1CCN(C)CC1. The molecule has 0 atom stereocenters. The van der Waals surface area contributed by atoms with Gasteiger partial charge in [-0.3, -0.25) is 9.69 Å². The average Bonchev–Trinajstić information content (AvgIpc) is 2.18. The molecule has 4 heteroatoms. The Morgan fingerprint density at radius 2 is 1.86 bits per heavy atom. The molecule has 4 nitrogen and oxygen atoms in total. The summed E-state index contributed by atoms with van der Waals surface area (Å²) < 4.78 is 0. The van der Waals surface area contributed by atoms with Gasteiger partial charge in [-0.2, -0.15) is 0 Å². The van der Waals surface area contributed by atoms with Crippen LogP contribution in [-0.2, 0) is 4.79 Å². The summed E-state index contributed by atoms with van der Waals surface area (Å²) in [6, 6.07) is 0. The van der Waals surface area contributed by atoms with E-state index in [4.69, 9.17) is 0 Å². The zero-order valence-electron chi connectivity index (χ0n) is 9.49. The molecule has 1 fully saturated rings. The minimum Gasteiger partial charge on any atom is -0.339 e. The molecule has 0 aromatic heterocycles. The average molecular weight is 199 g/mol. The second-order valence-corrected chi connectivity index (χ2v) is 4.01. The number of rotatable bonds is 3. The number of hydrogen-bond donors (Lipinski definition) is 0. The molecule has 0 aromatic carbocycles. The van der Waals surface area contributed by atoms with Gasteiger partial charge < -0.3 is 9.80 Å². The summed E-state index contributed by atoms with van der Waals surface area (Å²) in [5, 5.41) is 0. The fourth-order valence-electron chi connectivity index (χ4n) is 1.50. The van der Waals surface area contributed by atoms with Gasteiger partial charge in [0.05, 0.1) is 6.54 Å². The van der Waals surface area contributed by atoms with Crippen molar-refractivity contribution in [2.45, 2.75) is 6.92 Å². The van der Waals surface area contributed by atoms with Gasteiger partial charge in [0, 0.05) is 26.2 Å². The van der Waals surface area contributed by atoms with E-state index in [2.05, 4.69) is 18.9 Å². The van der Waals surface area contributed by atoms with Crippen LogP contribution in [0.1, 0.15) is 6.92 Å². The molecule has 0 bridgehead atoms. The lowest BCUT2D eigenvalue weighted by Crippen LogP contribution is -2.49. The van der Waals surface area contributed by atoms with Crippen LogP contribution in [0.5, 0.6) is 0 Å². The lowest BCUT2D eigenvalue weighted by atomic mass is 10.3. The molecule has 0 aliphatic carbocycles. The molecule has 1 saturated heterocycles. The molecule has 0 saturated carbocycles. The molecular weight excluding hydrogens is 178 g/mol. The molecule has 1 amide bonds. The first kappa shape index (κ1) is 11.5. The van der Waals surface area contributed by atoms with Gasteiger partial charge in [0.2, 0.25) is 5.91 Å². The Bertz CT molecular complexity index is 188. The van der Waals surface area contributed by atoms with Gasteiger partial charge in [0.1, 0.15) is 0 Å². The predicted octanol–water partition coefficient (Wildman–Crippen LogP) is -0.288. The van der Waals surface area contributed by atoms with Crippen LogP contribution in [0.4, 0.5) is 0 Å². The highest BCUT2D eigenvalue weighted by Gasteiger charge is 2.19. The van der Waals surface area contributed by atoms with Crippen LogP contribution in [0.25, 0.3) is 0 Å². The van der Waals surface area contributed by atoms with E-state index in [9.17, 15) is 4.79 Å². The van der Waals surface area contributed by atoms with Crippen molar-refractivity contribution in [1.82, 2.24) is 14.7 Å². The number of hydrogen-bond acceptors (Lipinski definition) is 3. The van der Waals surface area contributed by atoms with Gasteiger partial charge in [-0.1, -0.05) is 6.92 Å². The Morgan fingerprint density at radius 3 is 2.36 bits per heavy atom. The molecule has 0 spiro atoms. The summed E-state index contributed by atoms with van der Waals surface area (Å²) >= 11 is 0. The highest BCUT2D eigenvalue weighted by molar-refractivity contribution is 5.78. The highest BCUT2D eigenvalue weighted by atomic mass is 16.2. The van der Waals surface area contributed by atoms with Crippen LogP contribution >= 0.6 is 0 Å². The summed E-state index contributed by atoms with van der Waals surface area (Å²) in [7, 11) is 4.08. The van der Waals surface area contributed by atoms with E-state index < -0.39 is 0 Å². The van der Waals surface area contributed by atoms with Crippen molar-refractivity contribution in [2.24, 2.45) is 0 Å². The standard InChI is InChI=1S/C10H21N3O/c1-4-11(2)9-10(14)13-7-5-12(3)6-8-13/h4-9H2,1-3H3. The molecule has 1 aliphatic heterocycles. The Labute approximate surface area is 86.5 Å². The number of carbonyl (C=O) groups excluding carboxylic acids is 1. The fourth-order valence-corrected chi connectivity index (χ4v) is 1.50. The van der Waals surface area contributed by atoms with Crippen LogP contribution < -0.4 is 0 Å². The van der Waals surface area contributed by atoms with E-state index in [0.29, 0.717) is 6.54 Å². The van der Waals surface area contributed by atoms with Crippen LogP contribution in [0.15, 0.2) is 0 Å². The Balaban J connectivity index is 2.30. The van der Waals surface area contributed by atoms with Crippen molar-refractivity contribution < 1.29 is 4.79 Å². The molecule has 1 aliphatic rings. The summed E-state index contributed by atoms with van der Waals surface area (Å²) in [5.41, 5.74) is 0. The minimum atomic E-state index is 0.266. The number of carbonyl (C=O) groups is 1. The van der Waals surface area contributed by atoms with Crippen molar-refractivity contribution in [3.63, 3.8) is 0 Å². The van der Waals surface area contributed by atoms with E-state index in [1.807, 2.05) is 16.8 Å². The Kier molecular flexibility index (Phi) is 4.35. The maximum atomic E-state index is 11.7. The quantitative estimate of drug-likeness (QED) is 0.625. The van der Waals surface area contributed by atoms with Crippen molar-refractivity contribution in [3.8, 4) is 0 Å². The molecule has 82 valence electrons. The second kappa shape index (κ2) is 5.32. The first-order chi connectivity index (χ1) is 6.63. The third-order valence-corrected chi connectivity index (χ3v) is 2.80. The van der Waals surface area contributed by atoms with Crippen molar-refractivity contribution in [1.29, 1.82) is 0 Å². The maximum absolute atomic E-state index is 11.7. The van der Waals surface area contributed by atoms with Gasteiger partial charge in [-0.05, 0) is 20.6 Å². The van der Waals surface area contributed by atoms with Crippen LogP contribution in [0, 0.1) is 0 Å². The van der Waals surface area contributed by atoms with E-state index in [0.717, 1.165) is 32.7 Å². The summed E-state index contributed by atoms with van der Waals surface area (Å²) in [5.74, 6) is 0.266. The topological polar surface area (TPSA) is 26.8 Å². The smallest absolute Gasteiger partial charge is 0.236 e. The lowest BCUT2D eigenvalue weighted by molar-refractivity contribution is -0.133. The number of piperazine rings is 1. The van der Waals surface area contributed by atoms with E-state index in [1.54, 1.807) is 0 Å². The summed E-state index contributed by atoms with van der Waals surface area (Å²) in [6.45, 7) is 7.32. The molecule has 1 rings (SSSR count). The first-order valence-electron chi connectivity index (χ1n) is 5.28. The normalized spacial score (nSPS) is 19.0. The monoisotopic (exact) mass is 199 g/mol. The fraction of sp³-hybridized carbons (Fsp3) is 0.900. The number of nitrogens with zero attached hydrogens (tertiary/aromatic N) is 3. The van der Waals surface area contributed by atoms with Gasteiger partial charge >= 0.3 is 0 Å². The maximum Gasteiger partial charge on any atom is 0.236 e. The van der Waals surface area contributed by atoms with E-state index in [-0.39, 0.29) is 5.91 Å². The third kappa shape index (κ3) is 3.27. The molecule has 0 aromatic rings. The van der Waals surface area contributed by atoms with Gasteiger partial charge in [-0.15, -0.1) is 0 Å². The molecular formula is C10H21N3O. The minimum absolute atomic E-state index is 0.266.